The van der Waals surface area contributed by atoms with Crippen LogP contribution in [0.15, 0.2) is 48.0 Å². The van der Waals surface area contributed by atoms with E-state index in [4.69, 9.17) is 9.47 Å². The zero-order chi connectivity index (χ0) is 37.8. The summed E-state index contributed by atoms with van der Waals surface area (Å²) < 4.78 is 12.9. The number of hydrogen-bond acceptors (Lipinski definition) is 9. The van der Waals surface area contributed by atoms with Gasteiger partial charge in [-0.3, -0.25) is 19.4 Å². The first-order valence-electron chi connectivity index (χ1n) is 19.6. The number of likely N-dealkylation sites (N-methyl/N-ethyl adjacent to an activating group) is 1. The fourth-order valence-corrected chi connectivity index (χ4v) is 12.2. The van der Waals surface area contributed by atoms with E-state index in [0.717, 1.165) is 81.4 Å². The van der Waals surface area contributed by atoms with E-state index in [2.05, 4.69) is 38.0 Å². The summed E-state index contributed by atoms with van der Waals surface area (Å²) in [6, 6.07) is 11.5. The van der Waals surface area contributed by atoms with Gasteiger partial charge in [-0.2, -0.15) is 0 Å². The molecule has 286 valence electrons. The molecule has 11 heteroatoms. The molecule has 10 unspecified atom stereocenters. The van der Waals surface area contributed by atoms with Crippen LogP contribution >= 0.6 is 0 Å². The summed E-state index contributed by atoms with van der Waals surface area (Å²) in [5, 5.41) is 36.7. The minimum atomic E-state index is -1.23. The molecule has 11 nitrogen and oxygen atoms in total. The Hall–Kier alpha value is -4.16. The van der Waals surface area contributed by atoms with E-state index in [1.807, 2.05) is 39.1 Å². The van der Waals surface area contributed by atoms with E-state index < -0.39 is 29.2 Å². The van der Waals surface area contributed by atoms with Gasteiger partial charge >= 0.3 is 11.9 Å². The number of aromatic amines is 2. The van der Waals surface area contributed by atoms with Crippen LogP contribution in [0.1, 0.15) is 81.0 Å². The zero-order valence-corrected chi connectivity index (χ0v) is 31.8. The average Bonchev–Trinajstić information content (AvgIpc) is 3.67. The molecule has 5 N–H and O–H groups in total. The van der Waals surface area contributed by atoms with Crippen molar-refractivity contribution in [3.63, 3.8) is 0 Å². The molecule has 6 aliphatic rings. The maximum Gasteiger partial charge on any atom is 0.303 e. The molecule has 10 atom stereocenters. The number of nitrogens with zero attached hydrogens (tertiary/aromatic N) is 2. The molecule has 4 fully saturated rings. The number of ether oxygens (including phenoxy) is 2. The van der Waals surface area contributed by atoms with Gasteiger partial charge < -0.3 is 34.8 Å². The fourth-order valence-electron chi connectivity index (χ4n) is 12.2. The van der Waals surface area contributed by atoms with E-state index in [-0.39, 0.29) is 48.2 Å². The van der Waals surface area contributed by atoms with Gasteiger partial charge in [-0.15, -0.1) is 0 Å². The van der Waals surface area contributed by atoms with Crippen molar-refractivity contribution in [2.24, 2.45) is 17.8 Å². The van der Waals surface area contributed by atoms with Crippen LogP contribution in [0, 0.1) is 17.8 Å². The standard InChI is InChI=1S/C43H52N4O7/c1-6-26-20-46(5)36-17-31-27-9-7-8-10-34(27)44-38(31)32(16-33(26)43(36,21-48)54-24(4)51)37-35(52)12-11-28-29-13-14-47-19-25-15-30(22(2)49)41(47)42(18-25,53-23(3)50)40(29)45-39(28)37/h6-12,22,25,30,32-33,36,41,44-45,48-49,52H,13-21H2,1-5H3. The van der Waals surface area contributed by atoms with Crippen LogP contribution in [0.2, 0.25) is 0 Å². The maximum absolute atomic E-state index is 13.1. The van der Waals surface area contributed by atoms with Crippen LogP contribution < -0.4 is 0 Å². The largest absolute Gasteiger partial charge is 0.508 e. The lowest BCUT2D eigenvalue weighted by Crippen LogP contribution is -2.67. The van der Waals surface area contributed by atoms with Crippen LogP contribution in [0.4, 0.5) is 0 Å². The minimum absolute atomic E-state index is 0.0638. The Morgan fingerprint density at radius 3 is 2.56 bits per heavy atom. The Morgan fingerprint density at radius 1 is 1.06 bits per heavy atom. The molecule has 6 heterocycles. The number of aliphatic hydroxyl groups excluding tert-OH is 2. The summed E-state index contributed by atoms with van der Waals surface area (Å²) in [6.07, 6.45) is 4.75. The number of aromatic nitrogens is 2. The van der Waals surface area contributed by atoms with Crippen LogP contribution in [0.25, 0.3) is 21.8 Å². The number of rotatable bonds is 5. The van der Waals surface area contributed by atoms with Gasteiger partial charge in [-0.1, -0.05) is 29.8 Å². The maximum atomic E-state index is 13.1. The second-order valence-corrected chi connectivity index (χ2v) is 16.9. The number of aliphatic hydroxyl groups is 2. The number of likely N-dealkylation sites (tertiary alicyclic amines) is 1. The van der Waals surface area contributed by atoms with Crippen molar-refractivity contribution in [3.05, 3.63) is 76.1 Å². The number of aromatic hydroxyl groups is 1. The number of phenolic OH excluding ortho intramolecular Hbond substituents is 1. The number of nitrogens with one attached hydrogen (secondary N) is 2. The Balaban J connectivity index is 1.31. The summed E-state index contributed by atoms with van der Waals surface area (Å²) in [7, 11) is 2.03. The van der Waals surface area contributed by atoms with E-state index in [1.165, 1.54) is 13.8 Å². The molecule has 6 bridgehead atoms. The van der Waals surface area contributed by atoms with E-state index in [0.29, 0.717) is 25.8 Å². The molecule has 1 saturated carbocycles. The highest BCUT2D eigenvalue weighted by Crippen LogP contribution is 2.57. The molecule has 10 rings (SSSR count). The van der Waals surface area contributed by atoms with Gasteiger partial charge in [-0.05, 0) is 88.2 Å². The predicted octanol–water partition coefficient (Wildman–Crippen LogP) is 5.01. The first kappa shape index (κ1) is 35.5. The van der Waals surface area contributed by atoms with Gasteiger partial charge in [0.05, 0.1) is 36.0 Å². The lowest BCUT2D eigenvalue weighted by molar-refractivity contribution is -0.208. The van der Waals surface area contributed by atoms with Gasteiger partial charge in [0.25, 0.3) is 0 Å². The number of fused-ring (bicyclic) bond motifs is 9. The number of carbonyl (C=O) groups is 2. The third-order valence-electron chi connectivity index (χ3n) is 14.0. The third kappa shape index (κ3) is 5.00. The highest BCUT2D eigenvalue weighted by Gasteiger charge is 2.62. The number of allylic oxidation sites excluding steroid dienone is 1. The van der Waals surface area contributed by atoms with Crippen molar-refractivity contribution in [1.82, 2.24) is 19.8 Å². The van der Waals surface area contributed by atoms with Crippen LogP contribution in [-0.4, -0.2) is 104 Å². The van der Waals surface area contributed by atoms with Gasteiger partial charge in [0.1, 0.15) is 5.75 Å². The number of benzene rings is 2. The predicted molar refractivity (Wildman–Crippen MR) is 204 cm³/mol. The molecule has 0 radical (unpaired) electrons. The number of H-pyrrole nitrogens is 2. The van der Waals surface area contributed by atoms with E-state index in [9.17, 15) is 24.9 Å². The minimum Gasteiger partial charge on any atom is -0.508 e. The quantitative estimate of drug-likeness (QED) is 0.141. The number of hydrogen-bond donors (Lipinski definition) is 5. The molecule has 4 aromatic rings. The van der Waals surface area contributed by atoms with Crippen molar-refractivity contribution in [2.75, 3.05) is 33.3 Å². The second-order valence-electron chi connectivity index (χ2n) is 16.9. The monoisotopic (exact) mass is 736 g/mol. The fraction of sp³-hybridized carbons (Fsp3) is 0.535. The molecule has 54 heavy (non-hydrogen) atoms. The summed E-state index contributed by atoms with van der Waals surface area (Å²) in [4.78, 5) is 38.3. The average molecular weight is 737 g/mol. The van der Waals surface area contributed by atoms with Crippen LogP contribution in [-0.2, 0) is 37.5 Å². The topological polar surface area (TPSA) is 151 Å². The van der Waals surface area contributed by atoms with E-state index in [1.54, 1.807) is 6.07 Å². The lowest BCUT2D eigenvalue weighted by atomic mass is 9.62. The Kier molecular flexibility index (Phi) is 8.35. The Bertz CT molecular complexity index is 2200. The van der Waals surface area contributed by atoms with Crippen LogP contribution in [0.5, 0.6) is 5.75 Å². The number of phenols is 1. The van der Waals surface area contributed by atoms with Gasteiger partial charge in [-0.25, -0.2) is 0 Å². The number of piperidine rings is 3. The molecule has 2 aromatic carbocycles. The van der Waals surface area contributed by atoms with Gasteiger partial charge in [0, 0.05) is 78.8 Å². The SMILES string of the molecule is CC=C1CN(C)C2Cc3c([nH]c4ccccc34)C(c3c(O)ccc4c5c([nH]c34)C3(OC(C)=O)CC4CC(C(C)O)C3N(CC5)C4)CC1C2(CO)OC(C)=O. The molecule has 3 saturated heterocycles. The molecular weight excluding hydrogens is 684 g/mol. The number of esters is 2. The summed E-state index contributed by atoms with van der Waals surface area (Å²) >= 11 is 0. The van der Waals surface area contributed by atoms with Crippen molar-refractivity contribution in [3.8, 4) is 5.75 Å². The molecule has 0 spiro atoms. The van der Waals surface area contributed by atoms with Gasteiger partial charge in [0.2, 0.25) is 0 Å². The second kappa shape index (κ2) is 12.7. The molecule has 4 aliphatic heterocycles. The smallest absolute Gasteiger partial charge is 0.303 e. The summed E-state index contributed by atoms with van der Waals surface area (Å²) in [6.45, 7) is 8.71. The van der Waals surface area contributed by atoms with Gasteiger partial charge in [0.15, 0.2) is 11.2 Å². The Morgan fingerprint density at radius 2 is 1.83 bits per heavy atom. The summed E-state index contributed by atoms with van der Waals surface area (Å²) in [5.74, 6) is -1.23. The van der Waals surface area contributed by atoms with Crippen molar-refractivity contribution < 1.29 is 34.4 Å². The molecular formula is C43H52N4O7. The lowest BCUT2D eigenvalue weighted by Gasteiger charge is -2.58. The van der Waals surface area contributed by atoms with E-state index >= 15 is 0 Å². The molecule has 2 aliphatic carbocycles. The van der Waals surface area contributed by atoms with Crippen LogP contribution in [0.3, 0.4) is 0 Å². The highest BCUT2D eigenvalue weighted by molar-refractivity contribution is 5.92. The third-order valence-corrected chi connectivity index (χ3v) is 14.0. The van der Waals surface area contributed by atoms with Crippen molar-refractivity contribution >= 4 is 33.7 Å². The Labute approximate surface area is 315 Å². The molecule has 2 aromatic heterocycles. The summed E-state index contributed by atoms with van der Waals surface area (Å²) in [5.41, 5.74) is 5.34. The number of para-hydroxylation sites is 1. The number of carbonyl (C=O) groups excluding carboxylic acids is 2. The highest BCUT2D eigenvalue weighted by atomic mass is 16.6. The zero-order valence-electron chi connectivity index (χ0n) is 31.8. The first-order chi connectivity index (χ1) is 25.9. The van der Waals surface area contributed by atoms with Crippen molar-refractivity contribution in [2.45, 2.75) is 95.1 Å². The molecule has 0 amide bonds. The first-order valence-corrected chi connectivity index (χ1v) is 19.6. The normalized spacial score (nSPS) is 34.5. The van der Waals surface area contributed by atoms with Crippen molar-refractivity contribution in [1.29, 1.82) is 0 Å².